The van der Waals surface area contributed by atoms with Gasteiger partial charge in [-0.15, -0.1) is 0 Å². The molecule has 0 bridgehead atoms. The fourth-order valence-corrected chi connectivity index (χ4v) is 4.48. The predicted octanol–water partition coefficient (Wildman–Crippen LogP) is 3.37. The van der Waals surface area contributed by atoms with Crippen molar-refractivity contribution < 1.29 is 28.6 Å². The lowest BCUT2D eigenvalue weighted by molar-refractivity contribution is -0.140. The molecule has 2 heterocycles. The van der Waals surface area contributed by atoms with Gasteiger partial charge >= 0.3 is 0 Å². The molecule has 2 aliphatic rings. The van der Waals surface area contributed by atoms with E-state index in [2.05, 4.69) is 4.90 Å². The first-order valence-corrected chi connectivity index (χ1v) is 11.6. The van der Waals surface area contributed by atoms with Crippen LogP contribution in [0.5, 0.6) is 5.75 Å². The summed E-state index contributed by atoms with van der Waals surface area (Å²) in [4.78, 5) is 29.8. The average Bonchev–Trinajstić information content (AvgIpc) is 3.10. The number of morpholine rings is 1. The molecule has 34 heavy (non-hydrogen) atoms. The minimum atomic E-state index is -1.01. The van der Waals surface area contributed by atoms with Gasteiger partial charge in [0.15, 0.2) is 0 Å². The fraction of sp³-hybridized carbons (Fsp3) is 0.385. The van der Waals surface area contributed by atoms with Gasteiger partial charge in [0, 0.05) is 37.3 Å². The lowest BCUT2D eigenvalue weighted by atomic mass is 9.95. The second-order valence-corrected chi connectivity index (χ2v) is 8.28. The Morgan fingerprint density at radius 2 is 1.88 bits per heavy atom. The maximum absolute atomic E-state index is 14.9. The first-order valence-electron chi connectivity index (χ1n) is 11.6. The highest BCUT2D eigenvalue weighted by Gasteiger charge is 2.46. The molecule has 1 N–H and O–H groups in total. The van der Waals surface area contributed by atoms with Crippen molar-refractivity contribution in [3.8, 4) is 5.75 Å². The number of aliphatic hydroxyl groups is 1. The summed E-state index contributed by atoms with van der Waals surface area (Å²) in [6.07, 6.45) is 0.609. The monoisotopic (exact) mass is 468 g/mol. The Labute approximate surface area is 198 Å². The smallest absolute Gasteiger partial charge is 0.295 e. The Kier molecular flexibility index (Phi) is 7.59. The molecule has 0 aromatic heterocycles. The van der Waals surface area contributed by atoms with Crippen LogP contribution in [0.3, 0.4) is 0 Å². The number of amides is 1. The van der Waals surface area contributed by atoms with Gasteiger partial charge in [-0.05, 0) is 31.5 Å². The summed E-state index contributed by atoms with van der Waals surface area (Å²) in [6.45, 7) is 6.22. The highest BCUT2D eigenvalue weighted by atomic mass is 19.1. The first-order chi connectivity index (χ1) is 16.5. The van der Waals surface area contributed by atoms with Crippen molar-refractivity contribution in [2.24, 2.45) is 0 Å². The van der Waals surface area contributed by atoms with Crippen LogP contribution in [0.25, 0.3) is 5.76 Å². The van der Waals surface area contributed by atoms with Crippen molar-refractivity contribution in [2.45, 2.75) is 19.4 Å². The van der Waals surface area contributed by atoms with Gasteiger partial charge in [0.1, 0.15) is 17.3 Å². The van der Waals surface area contributed by atoms with Gasteiger partial charge in [0.05, 0.1) is 31.4 Å². The molecular formula is C26H29FN2O5. The number of Topliss-reactive ketones (excluding diaryl/α,β-unsaturated/α-hetero) is 1. The zero-order valence-electron chi connectivity index (χ0n) is 19.2. The molecule has 2 aliphatic heterocycles. The standard InChI is InChI=1S/C26H29FN2O5/c1-2-34-19-8-5-7-18(17-19)24(30)22-23(20-9-3-4-10-21(20)27)29(26(32)25(22)31)12-6-11-28-13-15-33-16-14-28/h3-5,7-10,17,23,30H,2,6,11-16H2,1H3. The number of nitrogens with zero attached hydrogens (tertiary/aromatic N) is 2. The number of rotatable bonds is 8. The van der Waals surface area contributed by atoms with E-state index in [1.165, 1.54) is 11.0 Å². The largest absolute Gasteiger partial charge is 0.507 e. The van der Waals surface area contributed by atoms with Crippen LogP contribution < -0.4 is 4.74 Å². The third-order valence-corrected chi connectivity index (χ3v) is 6.14. The summed E-state index contributed by atoms with van der Waals surface area (Å²) >= 11 is 0. The summed E-state index contributed by atoms with van der Waals surface area (Å²) in [6, 6.07) is 11.7. The number of aliphatic hydroxyl groups excluding tert-OH is 1. The van der Waals surface area contributed by atoms with E-state index in [0.29, 0.717) is 37.6 Å². The lowest BCUT2D eigenvalue weighted by Gasteiger charge is -2.29. The number of carbonyl (C=O) groups is 2. The Bertz CT molecular complexity index is 1080. The maximum atomic E-state index is 14.9. The molecule has 1 unspecified atom stereocenters. The van der Waals surface area contributed by atoms with Crippen molar-refractivity contribution in [1.29, 1.82) is 0 Å². The molecule has 2 aromatic rings. The topological polar surface area (TPSA) is 79.3 Å². The maximum Gasteiger partial charge on any atom is 0.295 e. The Balaban J connectivity index is 1.69. The van der Waals surface area contributed by atoms with Gasteiger partial charge in [0.25, 0.3) is 11.7 Å². The van der Waals surface area contributed by atoms with E-state index < -0.39 is 23.5 Å². The minimum absolute atomic E-state index is 0.116. The van der Waals surface area contributed by atoms with Crippen LogP contribution in [0.2, 0.25) is 0 Å². The summed E-state index contributed by atoms with van der Waals surface area (Å²) in [5.74, 6) is -1.92. The Hall–Kier alpha value is -3.23. The summed E-state index contributed by atoms with van der Waals surface area (Å²) < 4.78 is 25.8. The zero-order chi connectivity index (χ0) is 24.1. The fourth-order valence-electron chi connectivity index (χ4n) is 4.48. The lowest BCUT2D eigenvalue weighted by Crippen LogP contribution is -2.39. The van der Waals surface area contributed by atoms with Crippen molar-refractivity contribution in [2.75, 3.05) is 46.0 Å². The van der Waals surface area contributed by atoms with Gasteiger partial charge < -0.3 is 19.5 Å². The van der Waals surface area contributed by atoms with Crippen molar-refractivity contribution in [3.63, 3.8) is 0 Å². The predicted molar refractivity (Wildman–Crippen MR) is 125 cm³/mol. The van der Waals surface area contributed by atoms with Crippen LogP contribution in [0.15, 0.2) is 54.1 Å². The number of ether oxygens (including phenoxy) is 2. The number of halogens is 1. The normalized spacial score (nSPS) is 20.6. The van der Waals surface area contributed by atoms with Gasteiger partial charge in [-0.1, -0.05) is 30.3 Å². The Morgan fingerprint density at radius 3 is 2.62 bits per heavy atom. The molecule has 7 nitrogen and oxygen atoms in total. The molecule has 0 radical (unpaired) electrons. The average molecular weight is 469 g/mol. The molecular weight excluding hydrogens is 439 g/mol. The van der Waals surface area contributed by atoms with E-state index in [1.807, 2.05) is 6.92 Å². The van der Waals surface area contributed by atoms with Crippen molar-refractivity contribution in [1.82, 2.24) is 9.80 Å². The Morgan fingerprint density at radius 1 is 1.12 bits per heavy atom. The minimum Gasteiger partial charge on any atom is -0.507 e. The number of benzene rings is 2. The quantitative estimate of drug-likeness (QED) is 0.364. The van der Waals surface area contributed by atoms with Crippen LogP contribution in [-0.4, -0.2) is 72.6 Å². The highest BCUT2D eigenvalue weighted by molar-refractivity contribution is 6.46. The zero-order valence-corrected chi connectivity index (χ0v) is 19.2. The van der Waals surface area contributed by atoms with E-state index in [-0.39, 0.29) is 23.4 Å². The van der Waals surface area contributed by atoms with Crippen LogP contribution in [0.4, 0.5) is 4.39 Å². The van der Waals surface area contributed by atoms with Crippen LogP contribution >= 0.6 is 0 Å². The van der Waals surface area contributed by atoms with Gasteiger partial charge in [-0.3, -0.25) is 14.5 Å². The third kappa shape index (κ3) is 4.98. The van der Waals surface area contributed by atoms with Gasteiger partial charge in [-0.2, -0.15) is 0 Å². The molecule has 1 amide bonds. The molecule has 8 heteroatoms. The molecule has 4 rings (SSSR count). The number of carbonyl (C=O) groups excluding carboxylic acids is 2. The van der Waals surface area contributed by atoms with Crippen molar-refractivity contribution in [3.05, 3.63) is 71.0 Å². The second kappa shape index (κ2) is 10.8. The molecule has 180 valence electrons. The number of ketones is 1. The van der Waals surface area contributed by atoms with E-state index in [9.17, 15) is 19.1 Å². The summed E-state index contributed by atoms with van der Waals surface area (Å²) in [5.41, 5.74) is 0.393. The SMILES string of the molecule is CCOc1cccc(C(O)=C2C(=O)C(=O)N(CCCN3CCOCC3)C2c2ccccc2F)c1. The third-order valence-electron chi connectivity index (χ3n) is 6.14. The highest BCUT2D eigenvalue weighted by Crippen LogP contribution is 2.40. The second-order valence-electron chi connectivity index (χ2n) is 8.28. The first kappa shape index (κ1) is 23.9. The molecule has 0 spiro atoms. The molecule has 0 saturated carbocycles. The molecule has 2 saturated heterocycles. The number of hydrogen-bond acceptors (Lipinski definition) is 6. The summed E-state index contributed by atoms with van der Waals surface area (Å²) in [5, 5.41) is 11.2. The molecule has 0 aliphatic carbocycles. The molecule has 2 fully saturated rings. The molecule has 2 aromatic carbocycles. The molecule has 1 atom stereocenters. The van der Waals surface area contributed by atoms with E-state index in [4.69, 9.17) is 9.47 Å². The van der Waals surface area contributed by atoms with E-state index in [0.717, 1.165) is 19.6 Å². The van der Waals surface area contributed by atoms with Crippen molar-refractivity contribution >= 4 is 17.4 Å². The van der Waals surface area contributed by atoms with E-state index in [1.54, 1.807) is 42.5 Å². The van der Waals surface area contributed by atoms with Crippen LogP contribution in [-0.2, 0) is 14.3 Å². The summed E-state index contributed by atoms with van der Waals surface area (Å²) in [7, 11) is 0. The van der Waals surface area contributed by atoms with Crippen LogP contribution in [0, 0.1) is 5.82 Å². The van der Waals surface area contributed by atoms with Gasteiger partial charge in [0.2, 0.25) is 0 Å². The van der Waals surface area contributed by atoms with Crippen LogP contribution in [0.1, 0.15) is 30.5 Å². The number of hydrogen-bond donors (Lipinski definition) is 1. The van der Waals surface area contributed by atoms with E-state index >= 15 is 0 Å². The number of likely N-dealkylation sites (tertiary alicyclic amines) is 1. The van der Waals surface area contributed by atoms with Gasteiger partial charge in [-0.25, -0.2) is 4.39 Å².